The highest BCUT2D eigenvalue weighted by molar-refractivity contribution is 5.80. The first-order valence-corrected chi connectivity index (χ1v) is 5.64. The molecule has 16 heavy (non-hydrogen) atoms. The lowest BCUT2D eigenvalue weighted by molar-refractivity contribution is 0.272. The van der Waals surface area contributed by atoms with Crippen molar-refractivity contribution in [2.75, 3.05) is 20.3 Å². The Balaban J connectivity index is 2.15. The summed E-state index contributed by atoms with van der Waals surface area (Å²) < 4.78 is 11.2. The van der Waals surface area contributed by atoms with E-state index in [1.165, 1.54) is 5.57 Å². The van der Waals surface area contributed by atoms with Gasteiger partial charge >= 0.3 is 0 Å². The van der Waals surface area contributed by atoms with Gasteiger partial charge < -0.3 is 14.8 Å². The maximum atomic E-state index is 5.75. The molecule has 0 aromatic heterocycles. The summed E-state index contributed by atoms with van der Waals surface area (Å²) in [6, 6.07) is 6.27. The monoisotopic (exact) mass is 217 g/mol. The van der Waals surface area contributed by atoms with Crippen LogP contribution in [0.25, 0.3) is 5.57 Å². The minimum atomic E-state index is 0.317. The Morgan fingerprint density at radius 1 is 1.44 bits per heavy atom. The third-order valence-corrected chi connectivity index (χ3v) is 3.18. The van der Waals surface area contributed by atoms with Gasteiger partial charge in [-0.1, -0.05) is 12.1 Å². The van der Waals surface area contributed by atoms with Gasteiger partial charge in [-0.15, -0.1) is 0 Å². The van der Waals surface area contributed by atoms with E-state index in [1.54, 1.807) is 7.11 Å². The third kappa shape index (κ3) is 1.39. The van der Waals surface area contributed by atoms with Gasteiger partial charge in [-0.2, -0.15) is 0 Å². The largest absolute Gasteiger partial charge is 0.496 e. The fourth-order valence-corrected chi connectivity index (χ4v) is 2.42. The first-order chi connectivity index (χ1) is 7.90. The van der Waals surface area contributed by atoms with Gasteiger partial charge in [-0.25, -0.2) is 0 Å². The molecule has 3 rings (SSSR count). The van der Waals surface area contributed by atoms with Crippen LogP contribution in [0.4, 0.5) is 0 Å². The van der Waals surface area contributed by atoms with Gasteiger partial charge in [0.15, 0.2) is 0 Å². The second kappa shape index (κ2) is 3.83. The molecule has 1 N–H and O–H groups in total. The summed E-state index contributed by atoms with van der Waals surface area (Å²) in [7, 11) is 1.70. The van der Waals surface area contributed by atoms with E-state index in [0.29, 0.717) is 12.6 Å². The molecular formula is C13H15NO2. The van der Waals surface area contributed by atoms with Crippen LogP contribution in [-0.4, -0.2) is 26.3 Å². The number of rotatable bonds is 1. The van der Waals surface area contributed by atoms with Gasteiger partial charge in [-0.05, 0) is 30.7 Å². The summed E-state index contributed by atoms with van der Waals surface area (Å²) in [6.45, 7) is 1.74. The highest BCUT2D eigenvalue weighted by Crippen LogP contribution is 2.40. The number of hydrogen-bond donors (Lipinski definition) is 1. The van der Waals surface area contributed by atoms with Crippen LogP contribution in [-0.2, 0) is 0 Å². The Labute approximate surface area is 95.1 Å². The van der Waals surface area contributed by atoms with E-state index in [0.717, 1.165) is 30.0 Å². The molecule has 0 saturated heterocycles. The Hall–Kier alpha value is -1.48. The van der Waals surface area contributed by atoms with E-state index in [4.69, 9.17) is 9.47 Å². The van der Waals surface area contributed by atoms with Gasteiger partial charge in [0.1, 0.15) is 18.1 Å². The van der Waals surface area contributed by atoms with Crippen LogP contribution < -0.4 is 14.8 Å². The highest BCUT2D eigenvalue weighted by Gasteiger charge is 2.28. The Bertz CT molecular complexity index is 425. The first kappa shape index (κ1) is 9.73. The summed E-state index contributed by atoms with van der Waals surface area (Å²) in [5, 5.41) is 3.46. The van der Waals surface area contributed by atoms with E-state index < -0.39 is 0 Å². The molecule has 1 aromatic carbocycles. The molecule has 1 atom stereocenters. The van der Waals surface area contributed by atoms with E-state index in [-0.39, 0.29) is 0 Å². The zero-order chi connectivity index (χ0) is 11.0. The summed E-state index contributed by atoms with van der Waals surface area (Å²) in [5.41, 5.74) is 2.44. The van der Waals surface area contributed by atoms with Gasteiger partial charge in [0, 0.05) is 0 Å². The first-order valence-electron chi connectivity index (χ1n) is 5.64. The lowest BCUT2D eigenvalue weighted by Crippen LogP contribution is -2.41. The SMILES string of the molecule is COc1cccc2c1C1=CCCN[C@H]1CO2. The Morgan fingerprint density at radius 2 is 2.38 bits per heavy atom. The molecule has 0 aliphatic carbocycles. The molecule has 2 heterocycles. The average Bonchev–Trinajstić information content (AvgIpc) is 2.37. The number of benzene rings is 1. The molecule has 2 aliphatic rings. The predicted molar refractivity (Wildman–Crippen MR) is 62.9 cm³/mol. The van der Waals surface area contributed by atoms with Crippen LogP contribution in [0, 0.1) is 0 Å². The zero-order valence-corrected chi connectivity index (χ0v) is 9.32. The minimum Gasteiger partial charge on any atom is -0.496 e. The smallest absolute Gasteiger partial charge is 0.130 e. The molecule has 0 unspecified atom stereocenters. The molecule has 84 valence electrons. The number of methoxy groups -OCH3 is 1. The molecule has 0 bridgehead atoms. The van der Waals surface area contributed by atoms with Gasteiger partial charge in [0.25, 0.3) is 0 Å². The van der Waals surface area contributed by atoms with Gasteiger partial charge in [0.2, 0.25) is 0 Å². The lowest BCUT2D eigenvalue weighted by Gasteiger charge is -2.32. The molecule has 2 aliphatic heterocycles. The van der Waals surface area contributed by atoms with E-state index in [9.17, 15) is 0 Å². The number of nitrogens with one attached hydrogen (secondary N) is 1. The predicted octanol–water partition coefficient (Wildman–Crippen LogP) is 1.83. The second-order valence-electron chi connectivity index (χ2n) is 4.10. The number of hydrogen-bond acceptors (Lipinski definition) is 3. The fourth-order valence-electron chi connectivity index (χ4n) is 2.42. The summed E-state index contributed by atoms with van der Waals surface area (Å²) in [6.07, 6.45) is 3.37. The second-order valence-corrected chi connectivity index (χ2v) is 4.10. The molecule has 1 aromatic rings. The third-order valence-electron chi connectivity index (χ3n) is 3.18. The van der Waals surface area contributed by atoms with E-state index in [1.807, 2.05) is 18.2 Å². The standard InChI is InChI=1S/C13H15NO2/c1-15-11-5-2-6-12-13(11)9-4-3-7-14-10(9)8-16-12/h2,4-6,10,14H,3,7-8H2,1H3/t10-/m0/s1. The van der Waals surface area contributed by atoms with E-state index in [2.05, 4.69) is 11.4 Å². The summed E-state index contributed by atoms with van der Waals surface area (Å²) in [4.78, 5) is 0. The number of ether oxygens (including phenoxy) is 2. The number of fused-ring (bicyclic) bond motifs is 3. The average molecular weight is 217 g/mol. The molecule has 3 nitrogen and oxygen atoms in total. The topological polar surface area (TPSA) is 30.5 Å². The molecule has 3 heteroatoms. The van der Waals surface area contributed by atoms with Crippen molar-refractivity contribution in [2.45, 2.75) is 12.5 Å². The van der Waals surface area contributed by atoms with Crippen molar-refractivity contribution in [2.24, 2.45) is 0 Å². The maximum absolute atomic E-state index is 5.75. The molecule has 0 spiro atoms. The van der Waals surface area contributed by atoms with Crippen molar-refractivity contribution < 1.29 is 9.47 Å². The molecule has 0 radical (unpaired) electrons. The molecular weight excluding hydrogens is 202 g/mol. The van der Waals surface area contributed by atoms with Crippen LogP contribution in [0.15, 0.2) is 24.3 Å². The van der Waals surface area contributed by atoms with Crippen LogP contribution in [0.1, 0.15) is 12.0 Å². The quantitative estimate of drug-likeness (QED) is 0.778. The summed E-state index contributed by atoms with van der Waals surface area (Å²) >= 11 is 0. The van der Waals surface area contributed by atoms with Crippen molar-refractivity contribution in [3.63, 3.8) is 0 Å². The highest BCUT2D eigenvalue weighted by atomic mass is 16.5. The van der Waals surface area contributed by atoms with Crippen LogP contribution in [0.2, 0.25) is 0 Å². The van der Waals surface area contributed by atoms with Gasteiger partial charge in [-0.3, -0.25) is 0 Å². The lowest BCUT2D eigenvalue weighted by atomic mass is 9.91. The van der Waals surface area contributed by atoms with Crippen molar-refractivity contribution in [1.29, 1.82) is 0 Å². The fraction of sp³-hybridized carbons (Fsp3) is 0.385. The van der Waals surface area contributed by atoms with E-state index >= 15 is 0 Å². The van der Waals surface area contributed by atoms with Crippen molar-refractivity contribution in [1.82, 2.24) is 5.32 Å². The molecule has 0 fully saturated rings. The normalized spacial score (nSPS) is 22.6. The van der Waals surface area contributed by atoms with Crippen LogP contribution in [0.3, 0.4) is 0 Å². The molecule has 0 saturated carbocycles. The zero-order valence-electron chi connectivity index (χ0n) is 9.32. The maximum Gasteiger partial charge on any atom is 0.130 e. The Morgan fingerprint density at radius 3 is 3.25 bits per heavy atom. The van der Waals surface area contributed by atoms with Crippen LogP contribution >= 0.6 is 0 Å². The van der Waals surface area contributed by atoms with Crippen molar-refractivity contribution >= 4 is 5.57 Å². The Kier molecular flexibility index (Phi) is 2.33. The molecule has 0 amide bonds. The van der Waals surface area contributed by atoms with Gasteiger partial charge in [0.05, 0.1) is 18.7 Å². The summed E-state index contributed by atoms with van der Waals surface area (Å²) in [5.74, 6) is 1.84. The van der Waals surface area contributed by atoms with Crippen LogP contribution in [0.5, 0.6) is 11.5 Å². The van der Waals surface area contributed by atoms with Crippen molar-refractivity contribution in [3.05, 3.63) is 29.8 Å². The minimum absolute atomic E-state index is 0.317. The van der Waals surface area contributed by atoms with Crippen molar-refractivity contribution in [3.8, 4) is 11.5 Å².